The number of hydrogen-bond donors (Lipinski definition) is 6. The van der Waals surface area contributed by atoms with Gasteiger partial charge in [0.05, 0.1) is 6.04 Å². The van der Waals surface area contributed by atoms with Crippen LogP contribution in [0.3, 0.4) is 0 Å². The zero-order chi connectivity index (χ0) is 29.7. The van der Waals surface area contributed by atoms with Gasteiger partial charge in [-0.2, -0.15) is 0 Å². The zero-order valence-corrected chi connectivity index (χ0v) is 24.4. The monoisotopic (exact) mass is 607 g/mol. The Morgan fingerprint density at radius 3 is 2.46 bits per heavy atom. The van der Waals surface area contributed by atoms with Crippen molar-refractivity contribution in [1.82, 2.24) is 20.9 Å². The van der Waals surface area contributed by atoms with Crippen molar-refractivity contribution >= 4 is 51.2 Å². The second-order valence-electron chi connectivity index (χ2n) is 10.8. The highest BCUT2D eigenvalue weighted by Gasteiger charge is 2.49. The maximum Gasteiger partial charge on any atom is 0.327 e. The van der Waals surface area contributed by atoms with Crippen molar-refractivity contribution in [2.45, 2.75) is 81.7 Å². The van der Waals surface area contributed by atoms with Crippen LogP contribution in [0, 0.1) is 5.92 Å². The molecule has 224 valence electrons. The van der Waals surface area contributed by atoms with E-state index in [2.05, 4.69) is 16.0 Å². The molecule has 0 radical (unpaired) electrons. The Balaban J connectivity index is 1.52. The molecule has 14 heteroatoms. The van der Waals surface area contributed by atoms with Gasteiger partial charge in [0.15, 0.2) is 0 Å². The average molecular weight is 608 g/mol. The number of phenols is 1. The van der Waals surface area contributed by atoms with E-state index in [1.54, 1.807) is 24.0 Å². The van der Waals surface area contributed by atoms with Crippen molar-refractivity contribution in [3.63, 3.8) is 0 Å². The van der Waals surface area contributed by atoms with Gasteiger partial charge in [-0.15, -0.1) is 0 Å². The maximum absolute atomic E-state index is 13.7. The van der Waals surface area contributed by atoms with Crippen LogP contribution in [0.25, 0.3) is 0 Å². The Morgan fingerprint density at radius 1 is 1.07 bits per heavy atom. The van der Waals surface area contributed by atoms with Crippen LogP contribution in [0.15, 0.2) is 24.3 Å². The SMILES string of the molecule is C[C@@H]1NC(=O)[C@@H](NC(=O)[C@@H](N)Cc2ccc(O)cc2)CSSC[C@@H](C(=O)O)NC(=O)[C@@H]2CC3CCCCC3N2C1=O. The van der Waals surface area contributed by atoms with Crippen molar-refractivity contribution < 1.29 is 34.2 Å². The molecule has 2 saturated heterocycles. The van der Waals surface area contributed by atoms with E-state index in [0.717, 1.165) is 42.0 Å². The fraction of sp³-hybridized carbons (Fsp3) is 0.593. The molecule has 0 bridgehead atoms. The van der Waals surface area contributed by atoms with E-state index >= 15 is 0 Å². The van der Waals surface area contributed by atoms with E-state index < -0.39 is 59.8 Å². The number of nitrogens with one attached hydrogen (secondary N) is 3. The number of amides is 4. The van der Waals surface area contributed by atoms with E-state index in [1.165, 1.54) is 22.9 Å². The van der Waals surface area contributed by atoms with E-state index in [1.807, 2.05) is 0 Å². The van der Waals surface area contributed by atoms with Gasteiger partial charge in [0.1, 0.15) is 29.9 Å². The number of hydrogen-bond acceptors (Lipinski definition) is 9. The van der Waals surface area contributed by atoms with E-state index in [-0.39, 0.29) is 35.6 Å². The Kier molecular flexibility index (Phi) is 10.4. The number of fused-ring (bicyclic) bond motifs is 3. The molecule has 2 heterocycles. The number of aliphatic carboxylic acids is 1. The van der Waals surface area contributed by atoms with Gasteiger partial charge >= 0.3 is 5.97 Å². The number of carboxylic acid groups (broad SMARTS) is 1. The minimum absolute atomic E-state index is 0.0261. The van der Waals surface area contributed by atoms with Gasteiger partial charge in [-0.3, -0.25) is 19.2 Å². The number of nitrogens with zero attached hydrogens (tertiary/aromatic N) is 1. The predicted octanol–water partition coefficient (Wildman–Crippen LogP) is 0.376. The third kappa shape index (κ3) is 7.66. The Bertz CT molecular complexity index is 1150. The summed E-state index contributed by atoms with van der Waals surface area (Å²) in [6.45, 7) is 1.55. The summed E-state index contributed by atoms with van der Waals surface area (Å²) in [5.74, 6) is -2.90. The van der Waals surface area contributed by atoms with Crippen LogP contribution < -0.4 is 21.7 Å². The number of rotatable bonds is 5. The summed E-state index contributed by atoms with van der Waals surface area (Å²) >= 11 is 0. The van der Waals surface area contributed by atoms with Crippen LogP contribution in [0.1, 0.15) is 44.6 Å². The topological polar surface area (TPSA) is 191 Å². The van der Waals surface area contributed by atoms with E-state index in [0.29, 0.717) is 6.42 Å². The molecule has 3 fully saturated rings. The third-order valence-electron chi connectivity index (χ3n) is 7.90. The quantitative estimate of drug-likeness (QED) is 0.255. The van der Waals surface area contributed by atoms with Gasteiger partial charge < -0.3 is 36.8 Å². The van der Waals surface area contributed by atoms with Crippen LogP contribution in [-0.4, -0.2) is 92.5 Å². The fourth-order valence-corrected chi connectivity index (χ4v) is 8.04. The van der Waals surface area contributed by atoms with Crippen molar-refractivity contribution in [2.24, 2.45) is 11.7 Å². The highest BCUT2D eigenvalue weighted by atomic mass is 33.1. The molecule has 4 amide bonds. The van der Waals surface area contributed by atoms with Crippen molar-refractivity contribution in [3.8, 4) is 5.75 Å². The molecule has 4 rings (SSSR count). The average Bonchev–Trinajstić information content (AvgIpc) is 3.33. The lowest BCUT2D eigenvalue weighted by Crippen LogP contribution is -2.59. The smallest absolute Gasteiger partial charge is 0.327 e. The molecular formula is C27H37N5O7S2. The summed E-state index contributed by atoms with van der Waals surface area (Å²) in [5, 5.41) is 27.2. The number of nitrogens with two attached hydrogens (primary N) is 1. The number of carbonyl (C=O) groups excluding carboxylic acids is 4. The molecule has 7 atom stereocenters. The Morgan fingerprint density at radius 2 is 1.76 bits per heavy atom. The molecule has 3 aliphatic rings. The molecule has 1 aromatic rings. The van der Waals surface area contributed by atoms with Gasteiger partial charge in [-0.05, 0) is 56.2 Å². The number of carbonyl (C=O) groups is 5. The van der Waals surface area contributed by atoms with Gasteiger partial charge in [-0.25, -0.2) is 4.79 Å². The summed E-state index contributed by atoms with van der Waals surface area (Å²) in [6, 6.07) is 1.14. The van der Waals surface area contributed by atoms with Crippen LogP contribution in [0.4, 0.5) is 0 Å². The summed E-state index contributed by atoms with van der Waals surface area (Å²) in [7, 11) is 2.34. The molecular weight excluding hydrogens is 570 g/mol. The molecule has 12 nitrogen and oxygen atoms in total. The molecule has 0 aromatic heterocycles. The maximum atomic E-state index is 13.7. The first-order chi connectivity index (χ1) is 19.5. The Hall–Kier alpha value is -2.97. The minimum atomic E-state index is -1.19. The standard InChI is InChI=1S/C27H37N5O7S2/c1-14-26(37)32-21-5-3-2-4-16(21)11-22(32)25(36)31-20(27(38)39)13-41-40-12-19(24(35)29-14)30-23(34)18(28)10-15-6-8-17(33)9-7-15/h6-9,14,16,18-22,33H,2-5,10-13,28H2,1H3,(H,29,35)(H,30,34)(H,31,36)(H,38,39)/t14-,16?,18-,19-,20-,21?,22-/m0/s1. The molecule has 1 saturated carbocycles. The molecule has 7 N–H and O–H groups in total. The van der Waals surface area contributed by atoms with E-state index in [4.69, 9.17) is 5.73 Å². The van der Waals surface area contributed by atoms with Crippen LogP contribution >= 0.6 is 21.6 Å². The Labute approximate surface area is 246 Å². The lowest BCUT2D eigenvalue weighted by atomic mass is 9.84. The predicted molar refractivity (Wildman–Crippen MR) is 155 cm³/mol. The second-order valence-corrected chi connectivity index (χ2v) is 13.4. The van der Waals surface area contributed by atoms with Crippen molar-refractivity contribution in [3.05, 3.63) is 29.8 Å². The first-order valence-electron chi connectivity index (χ1n) is 13.8. The lowest BCUT2D eigenvalue weighted by Gasteiger charge is -2.36. The molecule has 1 aliphatic carbocycles. The first-order valence-corrected chi connectivity index (χ1v) is 16.3. The van der Waals surface area contributed by atoms with E-state index in [9.17, 15) is 34.2 Å². The van der Waals surface area contributed by atoms with Gasteiger partial charge in [0.2, 0.25) is 23.6 Å². The number of carboxylic acids is 1. The molecule has 1 aromatic carbocycles. The number of benzene rings is 1. The zero-order valence-electron chi connectivity index (χ0n) is 22.8. The van der Waals surface area contributed by atoms with Gasteiger partial charge in [0.25, 0.3) is 0 Å². The largest absolute Gasteiger partial charge is 0.508 e. The first kappa shape index (κ1) is 31.0. The van der Waals surface area contributed by atoms with Crippen LogP contribution in [0.2, 0.25) is 0 Å². The molecule has 41 heavy (non-hydrogen) atoms. The number of aromatic hydroxyl groups is 1. The summed E-state index contributed by atoms with van der Waals surface area (Å²) in [4.78, 5) is 66.8. The lowest BCUT2D eigenvalue weighted by molar-refractivity contribution is -0.145. The molecule has 2 aliphatic heterocycles. The summed E-state index contributed by atoms with van der Waals surface area (Å²) < 4.78 is 0. The van der Waals surface area contributed by atoms with Crippen molar-refractivity contribution in [1.29, 1.82) is 0 Å². The van der Waals surface area contributed by atoms with Crippen LogP contribution in [0.5, 0.6) is 5.75 Å². The highest BCUT2D eigenvalue weighted by Crippen LogP contribution is 2.40. The highest BCUT2D eigenvalue weighted by molar-refractivity contribution is 8.76. The second kappa shape index (κ2) is 13.8. The summed E-state index contributed by atoms with van der Waals surface area (Å²) in [5.41, 5.74) is 6.84. The molecule has 0 spiro atoms. The minimum Gasteiger partial charge on any atom is -0.508 e. The van der Waals surface area contributed by atoms with Crippen molar-refractivity contribution in [2.75, 3.05) is 11.5 Å². The van der Waals surface area contributed by atoms with Gasteiger partial charge in [0, 0.05) is 17.5 Å². The fourth-order valence-electron chi connectivity index (χ4n) is 5.73. The van der Waals surface area contributed by atoms with Crippen LogP contribution in [-0.2, 0) is 30.4 Å². The van der Waals surface area contributed by atoms with Gasteiger partial charge in [-0.1, -0.05) is 46.6 Å². The third-order valence-corrected chi connectivity index (χ3v) is 10.3. The normalized spacial score (nSPS) is 30.2. The summed E-state index contributed by atoms with van der Waals surface area (Å²) in [6.07, 6.45) is 4.18. The molecule has 2 unspecified atom stereocenters. The number of phenolic OH excluding ortho intramolecular Hbond substituents is 1.